The summed E-state index contributed by atoms with van der Waals surface area (Å²) in [5, 5.41) is 0. The van der Waals surface area contributed by atoms with Crippen molar-refractivity contribution < 1.29 is 0 Å². The lowest BCUT2D eigenvalue weighted by atomic mass is 9.84. The molecule has 1 fully saturated rings. The lowest BCUT2D eigenvalue weighted by Crippen LogP contribution is -2.35. The lowest BCUT2D eigenvalue weighted by molar-refractivity contribution is 0.313. The number of nitrogens with two attached hydrogens (primary N) is 1. The minimum Gasteiger partial charge on any atom is -0.382 e. The van der Waals surface area contributed by atoms with E-state index in [1.54, 1.807) is 12.4 Å². The molecule has 94 valence electrons. The zero-order valence-corrected chi connectivity index (χ0v) is 10.8. The number of anilines is 2. The van der Waals surface area contributed by atoms with Crippen molar-refractivity contribution in [3.8, 4) is 0 Å². The SMILES string of the molecule is CCC1CCC(N(C)c2cnc(N)cn2)CC1. The minimum absolute atomic E-state index is 0.483. The second-order valence-corrected chi connectivity index (χ2v) is 4.99. The molecular formula is C13H22N4. The van der Waals surface area contributed by atoms with E-state index in [2.05, 4.69) is 28.8 Å². The minimum atomic E-state index is 0.483. The maximum atomic E-state index is 5.55. The number of aromatic nitrogens is 2. The summed E-state index contributed by atoms with van der Waals surface area (Å²) >= 11 is 0. The average Bonchev–Trinajstić information content (AvgIpc) is 2.39. The molecule has 0 bridgehead atoms. The van der Waals surface area contributed by atoms with Crippen molar-refractivity contribution in [1.29, 1.82) is 0 Å². The Morgan fingerprint density at radius 1 is 1.24 bits per heavy atom. The van der Waals surface area contributed by atoms with E-state index in [4.69, 9.17) is 5.73 Å². The van der Waals surface area contributed by atoms with E-state index in [1.807, 2.05) is 0 Å². The molecule has 1 aromatic rings. The fraction of sp³-hybridized carbons (Fsp3) is 0.692. The molecule has 2 rings (SSSR count). The van der Waals surface area contributed by atoms with Crippen LogP contribution in [0.1, 0.15) is 39.0 Å². The normalized spacial score (nSPS) is 24.6. The predicted octanol–water partition coefficient (Wildman–Crippen LogP) is 2.46. The molecular weight excluding hydrogens is 212 g/mol. The van der Waals surface area contributed by atoms with Crippen LogP contribution in [0.15, 0.2) is 12.4 Å². The first-order valence-electron chi connectivity index (χ1n) is 6.51. The van der Waals surface area contributed by atoms with Gasteiger partial charge in [0.25, 0.3) is 0 Å². The number of hydrogen-bond donors (Lipinski definition) is 1. The largest absolute Gasteiger partial charge is 0.382 e. The molecule has 1 heterocycles. The summed E-state index contributed by atoms with van der Waals surface area (Å²) in [6.07, 6.45) is 9.92. The summed E-state index contributed by atoms with van der Waals surface area (Å²) in [7, 11) is 2.11. The van der Waals surface area contributed by atoms with Crippen LogP contribution in [0, 0.1) is 5.92 Å². The maximum absolute atomic E-state index is 5.55. The third-order valence-corrected chi connectivity index (χ3v) is 3.96. The smallest absolute Gasteiger partial charge is 0.147 e. The standard InChI is InChI=1S/C13H22N4/c1-3-10-4-6-11(7-5-10)17(2)13-9-15-12(14)8-16-13/h8-11H,3-7H2,1-2H3,(H2,14,15). The molecule has 1 aliphatic carbocycles. The molecule has 4 nitrogen and oxygen atoms in total. The average molecular weight is 234 g/mol. The van der Waals surface area contributed by atoms with Gasteiger partial charge in [-0.2, -0.15) is 0 Å². The lowest BCUT2D eigenvalue weighted by Gasteiger charge is -2.34. The molecule has 0 saturated heterocycles. The molecule has 0 radical (unpaired) electrons. The Balaban J connectivity index is 1.96. The zero-order chi connectivity index (χ0) is 12.3. The third-order valence-electron chi connectivity index (χ3n) is 3.96. The van der Waals surface area contributed by atoms with Crippen molar-refractivity contribution in [2.45, 2.75) is 45.1 Å². The van der Waals surface area contributed by atoms with Gasteiger partial charge in [0.1, 0.15) is 11.6 Å². The summed E-state index contributed by atoms with van der Waals surface area (Å²) in [6, 6.07) is 0.607. The topological polar surface area (TPSA) is 55.0 Å². The highest BCUT2D eigenvalue weighted by Gasteiger charge is 2.23. The maximum Gasteiger partial charge on any atom is 0.147 e. The molecule has 0 aromatic carbocycles. The van der Waals surface area contributed by atoms with E-state index in [1.165, 1.54) is 32.1 Å². The molecule has 4 heteroatoms. The van der Waals surface area contributed by atoms with Crippen LogP contribution < -0.4 is 10.6 Å². The van der Waals surface area contributed by atoms with Crippen LogP contribution in [0.3, 0.4) is 0 Å². The van der Waals surface area contributed by atoms with Crippen LogP contribution in [0.25, 0.3) is 0 Å². The fourth-order valence-corrected chi connectivity index (χ4v) is 2.64. The molecule has 0 aliphatic heterocycles. The second-order valence-electron chi connectivity index (χ2n) is 4.99. The van der Waals surface area contributed by atoms with Crippen molar-refractivity contribution in [3.05, 3.63) is 12.4 Å². The van der Waals surface area contributed by atoms with Gasteiger partial charge in [0.2, 0.25) is 0 Å². The third kappa shape index (κ3) is 2.87. The first-order chi connectivity index (χ1) is 8.20. The molecule has 1 saturated carbocycles. The number of rotatable bonds is 3. The highest BCUT2D eigenvalue weighted by atomic mass is 15.2. The predicted molar refractivity (Wildman–Crippen MR) is 70.9 cm³/mol. The molecule has 1 aliphatic rings. The van der Waals surface area contributed by atoms with Crippen molar-refractivity contribution in [2.24, 2.45) is 5.92 Å². The van der Waals surface area contributed by atoms with Crippen LogP contribution in [0.2, 0.25) is 0 Å². The van der Waals surface area contributed by atoms with E-state index in [0.717, 1.165) is 11.7 Å². The number of nitrogens with zero attached hydrogens (tertiary/aromatic N) is 3. The van der Waals surface area contributed by atoms with E-state index in [-0.39, 0.29) is 0 Å². The Bertz CT molecular complexity index is 341. The molecule has 0 spiro atoms. The van der Waals surface area contributed by atoms with Gasteiger partial charge in [0, 0.05) is 13.1 Å². The first-order valence-corrected chi connectivity index (χ1v) is 6.51. The van der Waals surface area contributed by atoms with Gasteiger partial charge in [-0.3, -0.25) is 0 Å². The Morgan fingerprint density at radius 3 is 2.47 bits per heavy atom. The van der Waals surface area contributed by atoms with Gasteiger partial charge in [-0.05, 0) is 31.6 Å². The van der Waals surface area contributed by atoms with Crippen LogP contribution in [0.5, 0.6) is 0 Å². The molecule has 17 heavy (non-hydrogen) atoms. The van der Waals surface area contributed by atoms with E-state index < -0.39 is 0 Å². The molecule has 2 N–H and O–H groups in total. The monoisotopic (exact) mass is 234 g/mol. The summed E-state index contributed by atoms with van der Waals surface area (Å²) in [5.74, 6) is 2.34. The van der Waals surface area contributed by atoms with Gasteiger partial charge in [0.05, 0.1) is 12.4 Å². The number of hydrogen-bond acceptors (Lipinski definition) is 4. The van der Waals surface area contributed by atoms with Crippen molar-refractivity contribution in [2.75, 3.05) is 17.7 Å². The highest BCUT2D eigenvalue weighted by Crippen LogP contribution is 2.30. The molecule has 0 unspecified atom stereocenters. The Morgan fingerprint density at radius 2 is 1.94 bits per heavy atom. The highest BCUT2D eigenvalue weighted by molar-refractivity contribution is 5.39. The summed E-state index contributed by atoms with van der Waals surface area (Å²) in [6.45, 7) is 2.29. The van der Waals surface area contributed by atoms with E-state index in [9.17, 15) is 0 Å². The van der Waals surface area contributed by atoms with E-state index in [0.29, 0.717) is 11.9 Å². The molecule has 0 amide bonds. The van der Waals surface area contributed by atoms with Crippen LogP contribution in [-0.4, -0.2) is 23.1 Å². The quantitative estimate of drug-likeness (QED) is 0.873. The Labute approximate surface area is 103 Å². The van der Waals surface area contributed by atoms with Crippen molar-refractivity contribution >= 4 is 11.6 Å². The van der Waals surface area contributed by atoms with Crippen molar-refractivity contribution in [1.82, 2.24) is 9.97 Å². The van der Waals surface area contributed by atoms with Gasteiger partial charge >= 0.3 is 0 Å². The Kier molecular flexibility index (Phi) is 3.82. The second kappa shape index (κ2) is 5.34. The molecule has 0 atom stereocenters. The van der Waals surface area contributed by atoms with Crippen molar-refractivity contribution in [3.63, 3.8) is 0 Å². The molecule has 1 aromatic heterocycles. The fourth-order valence-electron chi connectivity index (χ4n) is 2.64. The summed E-state index contributed by atoms with van der Waals surface area (Å²) < 4.78 is 0. The van der Waals surface area contributed by atoms with Gasteiger partial charge in [-0.15, -0.1) is 0 Å². The van der Waals surface area contributed by atoms with Crippen LogP contribution >= 0.6 is 0 Å². The van der Waals surface area contributed by atoms with Gasteiger partial charge in [-0.25, -0.2) is 9.97 Å². The van der Waals surface area contributed by atoms with Gasteiger partial charge < -0.3 is 10.6 Å². The summed E-state index contributed by atoms with van der Waals surface area (Å²) in [4.78, 5) is 10.7. The number of nitrogen functional groups attached to an aromatic ring is 1. The van der Waals surface area contributed by atoms with Gasteiger partial charge in [-0.1, -0.05) is 13.3 Å². The first kappa shape index (κ1) is 12.1. The van der Waals surface area contributed by atoms with Crippen LogP contribution in [0.4, 0.5) is 11.6 Å². The van der Waals surface area contributed by atoms with Crippen LogP contribution in [-0.2, 0) is 0 Å². The van der Waals surface area contributed by atoms with Gasteiger partial charge in [0.15, 0.2) is 0 Å². The summed E-state index contributed by atoms with van der Waals surface area (Å²) in [5.41, 5.74) is 5.55. The van der Waals surface area contributed by atoms with E-state index >= 15 is 0 Å². The zero-order valence-electron chi connectivity index (χ0n) is 10.8. The Hall–Kier alpha value is -1.32.